The lowest BCUT2D eigenvalue weighted by molar-refractivity contribution is 0.0661. The minimum absolute atomic E-state index is 0.0596. The third-order valence-corrected chi connectivity index (χ3v) is 2.91. The number of amides is 1. The molecular weight excluding hydrogens is 202 g/mol. The zero-order chi connectivity index (χ0) is 11.5. The summed E-state index contributed by atoms with van der Waals surface area (Å²) in [7, 11) is 0. The Morgan fingerprint density at radius 2 is 2.12 bits per heavy atom. The summed E-state index contributed by atoms with van der Waals surface area (Å²) in [5, 5.41) is 0. The van der Waals surface area contributed by atoms with Gasteiger partial charge in [-0.05, 0) is 24.5 Å². The fourth-order valence-electron chi connectivity index (χ4n) is 2.24. The van der Waals surface area contributed by atoms with Crippen LogP contribution in [0.4, 0.5) is 0 Å². The maximum Gasteiger partial charge on any atom is 0.254 e. The number of piperidine rings is 1. The lowest BCUT2D eigenvalue weighted by Gasteiger charge is -2.34. The summed E-state index contributed by atoms with van der Waals surface area (Å²) in [4.78, 5) is 17.9. The van der Waals surface area contributed by atoms with E-state index in [2.05, 4.69) is 11.9 Å². The van der Waals surface area contributed by atoms with Gasteiger partial charge in [-0.1, -0.05) is 6.92 Å². The van der Waals surface area contributed by atoms with Crippen molar-refractivity contribution in [3.63, 3.8) is 0 Å². The van der Waals surface area contributed by atoms with E-state index in [1.807, 2.05) is 4.90 Å². The van der Waals surface area contributed by atoms with Gasteiger partial charge in [0.2, 0.25) is 0 Å². The lowest BCUT2D eigenvalue weighted by atomic mass is 9.96. The van der Waals surface area contributed by atoms with Crippen molar-refractivity contribution in [2.75, 3.05) is 13.1 Å². The first-order valence-corrected chi connectivity index (χ1v) is 5.61. The van der Waals surface area contributed by atoms with Gasteiger partial charge in [0.05, 0.1) is 0 Å². The summed E-state index contributed by atoms with van der Waals surface area (Å²) in [6.45, 7) is 3.59. The van der Waals surface area contributed by atoms with Crippen molar-refractivity contribution in [1.29, 1.82) is 0 Å². The van der Waals surface area contributed by atoms with E-state index in [0.29, 0.717) is 18.0 Å². The van der Waals surface area contributed by atoms with E-state index in [-0.39, 0.29) is 11.9 Å². The molecule has 16 heavy (non-hydrogen) atoms. The molecule has 0 saturated carbocycles. The van der Waals surface area contributed by atoms with E-state index in [1.165, 1.54) is 0 Å². The van der Waals surface area contributed by atoms with Gasteiger partial charge in [0.15, 0.2) is 0 Å². The summed E-state index contributed by atoms with van der Waals surface area (Å²) < 4.78 is 0. The smallest absolute Gasteiger partial charge is 0.254 e. The van der Waals surface area contributed by atoms with Gasteiger partial charge in [-0.15, -0.1) is 0 Å². The Morgan fingerprint density at radius 3 is 2.75 bits per heavy atom. The van der Waals surface area contributed by atoms with Crippen LogP contribution >= 0.6 is 0 Å². The van der Waals surface area contributed by atoms with E-state index < -0.39 is 0 Å². The molecule has 2 heterocycles. The summed E-state index contributed by atoms with van der Waals surface area (Å²) in [6, 6.07) is 3.59. The predicted octanol–water partition coefficient (Wildman–Crippen LogP) is 0.891. The highest BCUT2D eigenvalue weighted by molar-refractivity contribution is 5.94. The zero-order valence-electron chi connectivity index (χ0n) is 9.47. The van der Waals surface area contributed by atoms with Crippen LogP contribution in [0.15, 0.2) is 24.5 Å². The molecule has 0 bridgehead atoms. The Morgan fingerprint density at radius 1 is 1.44 bits per heavy atom. The second kappa shape index (κ2) is 4.61. The van der Waals surface area contributed by atoms with Crippen LogP contribution in [0.3, 0.4) is 0 Å². The highest BCUT2D eigenvalue weighted by atomic mass is 16.2. The Labute approximate surface area is 95.5 Å². The molecule has 1 aromatic heterocycles. The highest BCUT2D eigenvalue weighted by Crippen LogP contribution is 2.17. The highest BCUT2D eigenvalue weighted by Gasteiger charge is 2.26. The summed E-state index contributed by atoms with van der Waals surface area (Å²) in [5.41, 5.74) is 6.62. The van der Waals surface area contributed by atoms with Gasteiger partial charge in [0.1, 0.15) is 0 Å². The maximum absolute atomic E-state index is 12.1. The van der Waals surface area contributed by atoms with Gasteiger partial charge in [0.25, 0.3) is 5.91 Å². The SMILES string of the molecule is CC1CC(N)CN(C(=O)c2ccncc2)C1. The average Bonchev–Trinajstić information content (AvgIpc) is 2.28. The fourth-order valence-corrected chi connectivity index (χ4v) is 2.24. The normalized spacial score (nSPS) is 25.5. The first-order valence-electron chi connectivity index (χ1n) is 5.61. The van der Waals surface area contributed by atoms with Crippen LogP contribution in [-0.2, 0) is 0 Å². The van der Waals surface area contributed by atoms with Crippen molar-refractivity contribution in [2.45, 2.75) is 19.4 Å². The van der Waals surface area contributed by atoms with E-state index in [9.17, 15) is 4.79 Å². The Balaban J connectivity index is 2.10. The molecule has 2 rings (SSSR count). The standard InChI is InChI=1S/C12H17N3O/c1-9-6-11(13)8-15(7-9)12(16)10-2-4-14-5-3-10/h2-5,9,11H,6-8,13H2,1H3. The number of rotatable bonds is 1. The van der Waals surface area contributed by atoms with Crippen LogP contribution < -0.4 is 5.73 Å². The Hall–Kier alpha value is -1.42. The molecule has 2 N–H and O–H groups in total. The quantitative estimate of drug-likeness (QED) is 0.763. The molecule has 4 heteroatoms. The fraction of sp³-hybridized carbons (Fsp3) is 0.500. The van der Waals surface area contributed by atoms with Crippen LogP contribution in [0.1, 0.15) is 23.7 Å². The van der Waals surface area contributed by atoms with E-state index in [0.717, 1.165) is 13.0 Å². The number of aromatic nitrogens is 1. The van der Waals surface area contributed by atoms with Gasteiger partial charge < -0.3 is 10.6 Å². The number of likely N-dealkylation sites (tertiary alicyclic amines) is 1. The van der Waals surface area contributed by atoms with Crippen LogP contribution in [0.5, 0.6) is 0 Å². The number of nitrogens with zero attached hydrogens (tertiary/aromatic N) is 2. The number of hydrogen-bond acceptors (Lipinski definition) is 3. The number of nitrogens with two attached hydrogens (primary N) is 1. The molecule has 1 saturated heterocycles. The molecule has 2 atom stereocenters. The molecule has 1 amide bonds. The van der Waals surface area contributed by atoms with Crippen LogP contribution in [-0.4, -0.2) is 34.9 Å². The molecule has 1 fully saturated rings. The van der Waals surface area contributed by atoms with Gasteiger partial charge in [-0.3, -0.25) is 9.78 Å². The van der Waals surface area contributed by atoms with Crippen LogP contribution in [0, 0.1) is 5.92 Å². The number of pyridine rings is 1. The first-order chi connectivity index (χ1) is 7.66. The molecule has 1 aliphatic rings. The first kappa shape index (κ1) is 11.1. The van der Waals surface area contributed by atoms with E-state index in [1.54, 1.807) is 24.5 Å². The number of carbonyl (C=O) groups excluding carboxylic acids is 1. The van der Waals surface area contributed by atoms with E-state index in [4.69, 9.17) is 5.73 Å². The van der Waals surface area contributed by atoms with Gasteiger partial charge in [0, 0.05) is 37.1 Å². The van der Waals surface area contributed by atoms with Crippen molar-refractivity contribution in [2.24, 2.45) is 11.7 Å². The minimum atomic E-state index is 0.0596. The molecule has 1 aliphatic heterocycles. The van der Waals surface area contributed by atoms with Crippen molar-refractivity contribution in [3.8, 4) is 0 Å². The monoisotopic (exact) mass is 219 g/mol. The molecule has 0 radical (unpaired) electrons. The number of hydrogen-bond donors (Lipinski definition) is 1. The third-order valence-electron chi connectivity index (χ3n) is 2.91. The largest absolute Gasteiger partial charge is 0.337 e. The minimum Gasteiger partial charge on any atom is -0.337 e. The van der Waals surface area contributed by atoms with Crippen molar-refractivity contribution in [1.82, 2.24) is 9.88 Å². The number of carbonyl (C=O) groups is 1. The molecule has 86 valence electrons. The molecule has 2 unspecified atom stereocenters. The Kier molecular flexibility index (Phi) is 3.19. The summed E-state index contributed by atoms with van der Waals surface area (Å²) >= 11 is 0. The Bertz CT molecular complexity index is 356. The van der Waals surface area contributed by atoms with Gasteiger partial charge in [-0.25, -0.2) is 0 Å². The van der Waals surface area contributed by atoms with Crippen molar-refractivity contribution < 1.29 is 4.79 Å². The molecule has 1 aromatic rings. The lowest BCUT2D eigenvalue weighted by Crippen LogP contribution is -2.48. The summed E-state index contributed by atoms with van der Waals surface area (Å²) in [5.74, 6) is 0.541. The zero-order valence-corrected chi connectivity index (χ0v) is 9.47. The molecule has 0 aromatic carbocycles. The second-order valence-electron chi connectivity index (χ2n) is 4.55. The summed E-state index contributed by atoms with van der Waals surface area (Å²) in [6.07, 6.45) is 4.28. The van der Waals surface area contributed by atoms with Crippen molar-refractivity contribution in [3.05, 3.63) is 30.1 Å². The van der Waals surface area contributed by atoms with Crippen LogP contribution in [0.25, 0.3) is 0 Å². The molecule has 0 aliphatic carbocycles. The van der Waals surface area contributed by atoms with E-state index >= 15 is 0 Å². The second-order valence-corrected chi connectivity index (χ2v) is 4.55. The third kappa shape index (κ3) is 2.39. The maximum atomic E-state index is 12.1. The van der Waals surface area contributed by atoms with Crippen LogP contribution in [0.2, 0.25) is 0 Å². The molecule has 4 nitrogen and oxygen atoms in total. The molecular formula is C12H17N3O. The van der Waals surface area contributed by atoms with Gasteiger partial charge >= 0.3 is 0 Å². The van der Waals surface area contributed by atoms with Gasteiger partial charge in [-0.2, -0.15) is 0 Å². The predicted molar refractivity (Wildman–Crippen MR) is 61.9 cm³/mol. The molecule has 0 spiro atoms. The topological polar surface area (TPSA) is 59.2 Å². The average molecular weight is 219 g/mol. The van der Waals surface area contributed by atoms with Crippen molar-refractivity contribution >= 4 is 5.91 Å².